The summed E-state index contributed by atoms with van der Waals surface area (Å²) in [4.78, 5) is 11.4. The summed E-state index contributed by atoms with van der Waals surface area (Å²) in [6.45, 7) is 9.18. The van der Waals surface area contributed by atoms with Crippen molar-refractivity contribution >= 4 is 5.91 Å². The van der Waals surface area contributed by atoms with E-state index in [1.54, 1.807) is 0 Å². The Morgan fingerprint density at radius 1 is 1.27 bits per heavy atom. The normalized spacial score (nSPS) is 12.9. The third-order valence-electron chi connectivity index (χ3n) is 2.30. The highest BCUT2D eigenvalue weighted by Gasteiger charge is 2.06. The Bertz CT molecular complexity index is 169. The Morgan fingerprint density at radius 3 is 2.47 bits per heavy atom. The monoisotopic (exact) mass is 214 g/mol. The topological polar surface area (TPSA) is 41.1 Å². The average Bonchev–Trinajstić information content (AvgIpc) is 2.14. The van der Waals surface area contributed by atoms with Gasteiger partial charge >= 0.3 is 0 Å². The van der Waals surface area contributed by atoms with E-state index in [-0.39, 0.29) is 5.91 Å². The number of hydrogen-bond donors (Lipinski definition) is 2. The maximum absolute atomic E-state index is 11.4. The molecule has 0 saturated carbocycles. The molecule has 0 aromatic carbocycles. The predicted molar refractivity (Wildman–Crippen MR) is 64.9 cm³/mol. The standard InChI is InChI=1S/C12H26N2O/c1-5-6-7-11(4)14-12(15)8-9-13-10(2)3/h10-11,13H,5-9H2,1-4H3,(H,14,15). The molecule has 15 heavy (non-hydrogen) atoms. The summed E-state index contributed by atoms with van der Waals surface area (Å²) in [5.41, 5.74) is 0. The minimum absolute atomic E-state index is 0.159. The molecule has 2 N–H and O–H groups in total. The van der Waals surface area contributed by atoms with Gasteiger partial charge in [-0.15, -0.1) is 0 Å². The van der Waals surface area contributed by atoms with Gasteiger partial charge in [-0.25, -0.2) is 0 Å². The van der Waals surface area contributed by atoms with E-state index in [9.17, 15) is 4.79 Å². The van der Waals surface area contributed by atoms with Gasteiger partial charge in [0.1, 0.15) is 0 Å². The van der Waals surface area contributed by atoms with Gasteiger partial charge in [-0.05, 0) is 13.3 Å². The molecule has 3 heteroatoms. The van der Waals surface area contributed by atoms with Crippen molar-refractivity contribution in [1.82, 2.24) is 10.6 Å². The van der Waals surface area contributed by atoms with Crippen LogP contribution in [0.5, 0.6) is 0 Å². The van der Waals surface area contributed by atoms with Crippen molar-refractivity contribution in [3.05, 3.63) is 0 Å². The van der Waals surface area contributed by atoms with Crippen LogP contribution in [-0.2, 0) is 4.79 Å². The number of carbonyl (C=O) groups is 1. The fourth-order valence-corrected chi connectivity index (χ4v) is 1.40. The van der Waals surface area contributed by atoms with Crippen molar-refractivity contribution < 1.29 is 4.79 Å². The molecule has 1 atom stereocenters. The van der Waals surface area contributed by atoms with E-state index in [0.29, 0.717) is 18.5 Å². The Balaban J connectivity index is 3.46. The average molecular weight is 214 g/mol. The molecule has 0 saturated heterocycles. The summed E-state index contributed by atoms with van der Waals surface area (Å²) in [6, 6.07) is 0.770. The van der Waals surface area contributed by atoms with Crippen molar-refractivity contribution in [3.63, 3.8) is 0 Å². The number of rotatable bonds is 8. The highest BCUT2D eigenvalue weighted by molar-refractivity contribution is 5.76. The van der Waals surface area contributed by atoms with E-state index in [2.05, 4.69) is 38.3 Å². The summed E-state index contributed by atoms with van der Waals surface area (Å²) < 4.78 is 0. The second-order valence-electron chi connectivity index (χ2n) is 4.47. The van der Waals surface area contributed by atoms with Crippen LogP contribution in [0.25, 0.3) is 0 Å². The van der Waals surface area contributed by atoms with Crippen LogP contribution in [0.1, 0.15) is 53.4 Å². The van der Waals surface area contributed by atoms with E-state index in [4.69, 9.17) is 0 Å². The van der Waals surface area contributed by atoms with Crippen LogP contribution in [0, 0.1) is 0 Å². The zero-order valence-electron chi connectivity index (χ0n) is 10.6. The minimum atomic E-state index is 0.159. The Morgan fingerprint density at radius 2 is 1.93 bits per heavy atom. The van der Waals surface area contributed by atoms with Gasteiger partial charge in [0.2, 0.25) is 5.91 Å². The molecule has 1 amide bonds. The van der Waals surface area contributed by atoms with Gasteiger partial charge in [-0.3, -0.25) is 4.79 Å². The lowest BCUT2D eigenvalue weighted by Crippen LogP contribution is -2.35. The lowest BCUT2D eigenvalue weighted by Gasteiger charge is -2.14. The fourth-order valence-electron chi connectivity index (χ4n) is 1.40. The molecule has 0 rings (SSSR count). The van der Waals surface area contributed by atoms with Gasteiger partial charge < -0.3 is 10.6 Å². The molecule has 0 heterocycles. The molecule has 0 radical (unpaired) electrons. The number of unbranched alkanes of at least 4 members (excludes halogenated alkanes) is 1. The van der Waals surface area contributed by atoms with E-state index in [1.165, 1.54) is 12.8 Å². The fraction of sp³-hybridized carbons (Fsp3) is 0.917. The second kappa shape index (κ2) is 8.72. The Labute approximate surface area is 94.0 Å². The van der Waals surface area contributed by atoms with Crippen molar-refractivity contribution in [3.8, 4) is 0 Å². The third kappa shape index (κ3) is 9.73. The summed E-state index contributed by atoms with van der Waals surface area (Å²) in [7, 11) is 0. The minimum Gasteiger partial charge on any atom is -0.354 e. The van der Waals surface area contributed by atoms with E-state index in [1.807, 2.05) is 0 Å². The van der Waals surface area contributed by atoms with E-state index in [0.717, 1.165) is 13.0 Å². The molecule has 0 bridgehead atoms. The first-order chi connectivity index (χ1) is 7.06. The highest BCUT2D eigenvalue weighted by atomic mass is 16.1. The molecule has 0 fully saturated rings. The molecule has 0 aromatic heterocycles. The maximum Gasteiger partial charge on any atom is 0.221 e. The van der Waals surface area contributed by atoms with Crippen LogP contribution in [0.2, 0.25) is 0 Å². The first kappa shape index (κ1) is 14.4. The lowest BCUT2D eigenvalue weighted by molar-refractivity contribution is -0.121. The summed E-state index contributed by atoms with van der Waals surface area (Å²) in [5, 5.41) is 6.24. The molecule has 1 unspecified atom stereocenters. The SMILES string of the molecule is CCCCC(C)NC(=O)CCNC(C)C. The number of carbonyl (C=O) groups excluding carboxylic acids is 1. The van der Waals surface area contributed by atoms with Crippen LogP contribution in [-0.4, -0.2) is 24.5 Å². The summed E-state index contributed by atoms with van der Waals surface area (Å²) >= 11 is 0. The van der Waals surface area contributed by atoms with Crippen LogP contribution < -0.4 is 10.6 Å². The van der Waals surface area contributed by atoms with Crippen LogP contribution in [0.3, 0.4) is 0 Å². The molecule has 3 nitrogen and oxygen atoms in total. The molecular weight excluding hydrogens is 188 g/mol. The largest absolute Gasteiger partial charge is 0.354 e. The predicted octanol–water partition coefficient (Wildman–Crippen LogP) is 2.07. The Kier molecular flexibility index (Phi) is 8.38. The van der Waals surface area contributed by atoms with Crippen molar-refractivity contribution in [2.24, 2.45) is 0 Å². The third-order valence-corrected chi connectivity index (χ3v) is 2.30. The first-order valence-electron chi connectivity index (χ1n) is 6.09. The van der Waals surface area contributed by atoms with Gasteiger partial charge in [0.25, 0.3) is 0 Å². The van der Waals surface area contributed by atoms with Crippen LogP contribution >= 0.6 is 0 Å². The lowest BCUT2D eigenvalue weighted by atomic mass is 10.1. The second-order valence-corrected chi connectivity index (χ2v) is 4.47. The first-order valence-corrected chi connectivity index (χ1v) is 6.09. The maximum atomic E-state index is 11.4. The van der Waals surface area contributed by atoms with E-state index < -0.39 is 0 Å². The quantitative estimate of drug-likeness (QED) is 0.649. The molecular formula is C12H26N2O. The van der Waals surface area contributed by atoms with Crippen molar-refractivity contribution in [2.75, 3.05) is 6.54 Å². The molecule has 0 spiro atoms. The van der Waals surface area contributed by atoms with Gasteiger partial charge in [0, 0.05) is 25.0 Å². The molecule has 0 aliphatic rings. The summed E-state index contributed by atoms with van der Waals surface area (Å²) in [5.74, 6) is 0.159. The smallest absolute Gasteiger partial charge is 0.221 e. The Hall–Kier alpha value is -0.570. The molecule has 90 valence electrons. The number of hydrogen-bond acceptors (Lipinski definition) is 2. The highest BCUT2D eigenvalue weighted by Crippen LogP contribution is 1.99. The van der Waals surface area contributed by atoms with Crippen LogP contribution in [0.4, 0.5) is 0 Å². The van der Waals surface area contributed by atoms with Gasteiger partial charge in [0.05, 0.1) is 0 Å². The zero-order valence-corrected chi connectivity index (χ0v) is 10.6. The number of nitrogens with one attached hydrogen (secondary N) is 2. The molecule has 0 aliphatic carbocycles. The van der Waals surface area contributed by atoms with Crippen molar-refractivity contribution in [1.29, 1.82) is 0 Å². The number of amides is 1. The zero-order chi connectivity index (χ0) is 11.7. The van der Waals surface area contributed by atoms with Gasteiger partial charge in [-0.1, -0.05) is 33.6 Å². The van der Waals surface area contributed by atoms with Crippen LogP contribution in [0.15, 0.2) is 0 Å². The molecule has 0 aliphatic heterocycles. The summed E-state index contributed by atoms with van der Waals surface area (Å²) in [6.07, 6.45) is 4.04. The van der Waals surface area contributed by atoms with Gasteiger partial charge in [-0.2, -0.15) is 0 Å². The van der Waals surface area contributed by atoms with Gasteiger partial charge in [0.15, 0.2) is 0 Å². The van der Waals surface area contributed by atoms with Crippen molar-refractivity contribution in [2.45, 2.75) is 65.5 Å². The van der Waals surface area contributed by atoms with E-state index >= 15 is 0 Å². The molecule has 0 aromatic rings.